The van der Waals surface area contributed by atoms with Crippen LogP contribution in [-0.4, -0.2) is 10.1 Å². The molecular weight excluding hydrogens is 226 g/mol. The average Bonchev–Trinajstić information content (AvgIpc) is 2.05. The van der Waals surface area contributed by atoms with Crippen molar-refractivity contribution in [2.24, 2.45) is 5.73 Å². The first-order valence-corrected chi connectivity index (χ1v) is 4.00. The lowest BCUT2D eigenvalue weighted by Gasteiger charge is -2.11. The van der Waals surface area contributed by atoms with Crippen molar-refractivity contribution in [2.75, 3.05) is 3.93 Å². The van der Waals surface area contributed by atoms with Crippen molar-refractivity contribution in [2.45, 2.75) is 0 Å². The first-order chi connectivity index (χ1) is 5.22. The predicted molar refractivity (Wildman–Crippen MR) is 52.4 cm³/mol. The zero-order chi connectivity index (χ0) is 8.27. The Morgan fingerprint density at radius 2 is 2.36 bits per heavy atom. The minimum absolute atomic E-state index is 0.240. The van der Waals surface area contributed by atoms with Crippen LogP contribution in [0, 0.1) is 0 Å². The van der Waals surface area contributed by atoms with Crippen molar-refractivity contribution in [3.63, 3.8) is 0 Å². The standard InChI is InChI=1S/C6H6BrN3S/c7-10(6(8)11)5-3-1-2-4-9-5/h1-4H,(H2,8,11). The van der Waals surface area contributed by atoms with Gasteiger partial charge in [-0.15, -0.1) is 0 Å². The van der Waals surface area contributed by atoms with E-state index in [1.54, 1.807) is 12.3 Å². The molecule has 11 heavy (non-hydrogen) atoms. The summed E-state index contributed by atoms with van der Waals surface area (Å²) in [5, 5.41) is 0.240. The smallest absolute Gasteiger partial charge is 0.182 e. The lowest BCUT2D eigenvalue weighted by atomic mass is 10.5. The summed E-state index contributed by atoms with van der Waals surface area (Å²) in [4.78, 5) is 4.01. The molecule has 0 aliphatic heterocycles. The summed E-state index contributed by atoms with van der Waals surface area (Å²) in [6.07, 6.45) is 1.67. The molecule has 0 radical (unpaired) electrons. The van der Waals surface area contributed by atoms with Crippen LogP contribution >= 0.6 is 28.4 Å². The number of hydrogen-bond donors (Lipinski definition) is 1. The summed E-state index contributed by atoms with van der Waals surface area (Å²) in [6.45, 7) is 0. The highest BCUT2D eigenvalue weighted by Gasteiger charge is 2.03. The van der Waals surface area contributed by atoms with E-state index in [2.05, 4.69) is 21.1 Å². The van der Waals surface area contributed by atoms with Crippen LogP contribution in [0.4, 0.5) is 5.82 Å². The first-order valence-electron chi connectivity index (χ1n) is 2.88. The van der Waals surface area contributed by atoms with Gasteiger partial charge in [0.25, 0.3) is 0 Å². The van der Waals surface area contributed by atoms with Gasteiger partial charge < -0.3 is 5.73 Å². The molecule has 0 aliphatic rings. The van der Waals surface area contributed by atoms with Crippen molar-refractivity contribution in [1.29, 1.82) is 0 Å². The molecule has 0 saturated carbocycles. The van der Waals surface area contributed by atoms with Crippen molar-refractivity contribution in [3.05, 3.63) is 24.4 Å². The van der Waals surface area contributed by atoms with Crippen LogP contribution < -0.4 is 9.66 Å². The summed E-state index contributed by atoms with van der Waals surface area (Å²) in [6, 6.07) is 5.48. The molecule has 1 heterocycles. The van der Waals surface area contributed by atoms with Crippen LogP contribution in [0.2, 0.25) is 0 Å². The topological polar surface area (TPSA) is 42.1 Å². The fourth-order valence-corrected chi connectivity index (χ4v) is 0.886. The number of thiocarbonyl (C=S) groups is 1. The Bertz CT molecular complexity index is 251. The van der Waals surface area contributed by atoms with E-state index in [9.17, 15) is 0 Å². The van der Waals surface area contributed by atoms with Gasteiger partial charge in [0.15, 0.2) is 5.11 Å². The second-order valence-electron chi connectivity index (χ2n) is 1.81. The Kier molecular flexibility index (Phi) is 2.78. The van der Waals surface area contributed by atoms with Gasteiger partial charge in [-0.2, -0.15) is 0 Å². The number of hydrogen-bond acceptors (Lipinski definition) is 2. The number of pyridine rings is 1. The van der Waals surface area contributed by atoms with E-state index in [4.69, 9.17) is 18.0 Å². The molecule has 1 aromatic heterocycles. The fourth-order valence-electron chi connectivity index (χ4n) is 0.583. The highest BCUT2D eigenvalue weighted by molar-refractivity contribution is 9.10. The number of nitrogens with zero attached hydrogens (tertiary/aromatic N) is 2. The first kappa shape index (κ1) is 8.42. The van der Waals surface area contributed by atoms with Gasteiger partial charge >= 0.3 is 0 Å². The van der Waals surface area contributed by atoms with Gasteiger partial charge in [-0.1, -0.05) is 6.07 Å². The minimum Gasteiger partial charge on any atom is -0.375 e. The lowest BCUT2D eigenvalue weighted by Crippen LogP contribution is -2.26. The van der Waals surface area contributed by atoms with E-state index < -0.39 is 0 Å². The zero-order valence-corrected chi connectivity index (χ0v) is 7.97. The molecule has 0 aromatic carbocycles. The van der Waals surface area contributed by atoms with Crippen molar-refractivity contribution in [3.8, 4) is 0 Å². The van der Waals surface area contributed by atoms with E-state index in [0.717, 1.165) is 0 Å². The van der Waals surface area contributed by atoms with Crippen molar-refractivity contribution in [1.82, 2.24) is 4.98 Å². The van der Waals surface area contributed by atoms with Gasteiger partial charge in [0.1, 0.15) is 5.82 Å². The molecule has 0 fully saturated rings. The Morgan fingerprint density at radius 1 is 1.64 bits per heavy atom. The second kappa shape index (κ2) is 3.64. The molecule has 1 rings (SSSR count). The van der Waals surface area contributed by atoms with Gasteiger partial charge in [0.2, 0.25) is 0 Å². The average molecular weight is 232 g/mol. The van der Waals surface area contributed by atoms with Crippen LogP contribution in [-0.2, 0) is 0 Å². The van der Waals surface area contributed by atoms with Gasteiger partial charge in [0.05, 0.1) is 16.1 Å². The van der Waals surface area contributed by atoms with E-state index >= 15 is 0 Å². The summed E-state index contributed by atoms with van der Waals surface area (Å²) in [7, 11) is 0. The van der Waals surface area contributed by atoms with E-state index in [0.29, 0.717) is 5.82 Å². The van der Waals surface area contributed by atoms with E-state index in [1.165, 1.54) is 3.93 Å². The van der Waals surface area contributed by atoms with E-state index in [1.807, 2.05) is 12.1 Å². The second-order valence-corrected chi connectivity index (χ2v) is 2.93. The molecule has 0 bridgehead atoms. The summed E-state index contributed by atoms with van der Waals surface area (Å²) in [5.41, 5.74) is 5.34. The molecule has 0 atom stereocenters. The van der Waals surface area contributed by atoms with E-state index in [-0.39, 0.29) is 5.11 Å². The number of anilines is 1. The summed E-state index contributed by atoms with van der Waals surface area (Å²) in [5.74, 6) is 0.681. The Balaban J connectivity index is 2.85. The maximum atomic E-state index is 5.34. The summed E-state index contributed by atoms with van der Waals surface area (Å²) < 4.78 is 1.46. The van der Waals surface area contributed by atoms with Gasteiger partial charge in [-0.3, -0.25) is 0 Å². The molecule has 0 amide bonds. The van der Waals surface area contributed by atoms with Gasteiger partial charge in [0, 0.05) is 6.20 Å². The predicted octanol–water partition coefficient (Wildman–Crippen LogP) is 1.44. The molecule has 1 aromatic rings. The Morgan fingerprint density at radius 3 is 2.82 bits per heavy atom. The molecule has 0 aliphatic carbocycles. The van der Waals surface area contributed by atoms with Crippen molar-refractivity contribution < 1.29 is 0 Å². The van der Waals surface area contributed by atoms with Crippen LogP contribution in [0.1, 0.15) is 0 Å². The van der Waals surface area contributed by atoms with Crippen LogP contribution in [0.3, 0.4) is 0 Å². The third-order valence-electron chi connectivity index (χ3n) is 1.04. The maximum absolute atomic E-state index is 5.34. The molecular formula is C6H6BrN3S. The Hall–Kier alpha value is -0.680. The fraction of sp³-hybridized carbons (Fsp3) is 0. The summed E-state index contributed by atoms with van der Waals surface area (Å²) >= 11 is 7.87. The molecule has 5 heteroatoms. The van der Waals surface area contributed by atoms with Crippen LogP contribution in [0.5, 0.6) is 0 Å². The van der Waals surface area contributed by atoms with Crippen molar-refractivity contribution >= 4 is 39.3 Å². The lowest BCUT2D eigenvalue weighted by molar-refractivity contribution is 1.29. The normalized spacial score (nSPS) is 9.18. The Labute approximate surface area is 78.6 Å². The molecule has 0 saturated heterocycles. The van der Waals surface area contributed by atoms with Gasteiger partial charge in [-0.25, -0.2) is 8.91 Å². The third-order valence-corrected chi connectivity index (χ3v) is 2.21. The SMILES string of the molecule is NC(=S)N(Br)c1ccccn1. The largest absolute Gasteiger partial charge is 0.375 e. The monoisotopic (exact) mass is 231 g/mol. The minimum atomic E-state index is 0.240. The number of aromatic nitrogens is 1. The third kappa shape index (κ3) is 2.13. The molecule has 0 spiro atoms. The van der Waals surface area contributed by atoms with Crippen LogP contribution in [0.15, 0.2) is 24.4 Å². The molecule has 58 valence electrons. The quantitative estimate of drug-likeness (QED) is 0.587. The maximum Gasteiger partial charge on any atom is 0.182 e. The molecule has 0 unspecified atom stereocenters. The van der Waals surface area contributed by atoms with Crippen LogP contribution in [0.25, 0.3) is 0 Å². The number of halogens is 1. The number of rotatable bonds is 1. The molecule has 3 nitrogen and oxygen atoms in total. The van der Waals surface area contributed by atoms with Gasteiger partial charge in [-0.05, 0) is 24.4 Å². The highest BCUT2D eigenvalue weighted by Crippen LogP contribution is 2.12. The number of nitrogens with two attached hydrogens (primary N) is 1. The zero-order valence-electron chi connectivity index (χ0n) is 5.57. The molecule has 2 N–H and O–H groups in total. The highest BCUT2D eigenvalue weighted by atomic mass is 79.9.